The third-order valence-electron chi connectivity index (χ3n) is 4.62. The highest BCUT2D eigenvalue weighted by molar-refractivity contribution is 5.84. The van der Waals surface area contributed by atoms with Crippen LogP contribution >= 0.6 is 0 Å². The molecule has 0 bridgehead atoms. The lowest BCUT2D eigenvalue weighted by molar-refractivity contribution is 0.390. The highest BCUT2D eigenvalue weighted by atomic mass is 16.5. The summed E-state index contributed by atoms with van der Waals surface area (Å²) in [5.41, 5.74) is 6.72. The molecule has 0 saturated heterocycles. The van der Waals surface area contributed by atoms with Gasteiger partial charge >= 0.3 is 0 Å². The van der Waals surface area contributed by atoms with Gasteiger partial charge in [0.15, 0.2) is 0 Å². The van der Waals surface area contributed by atoms with Crippen molar-refractivity contribution in [3.8, 4) is 5.88 Å². The van der Waals surface area contributed by atoms with Gasteiger partial charge in [0.1, 0.15) is 0 Å². The summed E-state index contributed by atoms with van der Waals surface area (Å²) in [5.74, 6) is 1.13. The molecule has 126 valence electrons. The van der Waals surface area contributed by atoms with Crippen LogP contribution in [0, 0.1) is 6.92 Å². The molecule has 2 aromatic rings. The highest BCUT2D eigenvalue weighted by Gasteiger charge is 2.22. The number of nitrogens with zero attached hydrogens (tertiary/aromatic N) is 3. The predicted molar refractivity (Wildman–Crippen MR) is 99.6 cm³/mol. The van der Waals surface area contributed by atoms with E-state index in [-0.39, 0.29) is 5.92 Å². The Morgan fingerprint density at radius 3 is 2.62 bits per heavy atom. The molecule has 0 radical (unpaired) electrons. The molecule has 0 aromatic carbocycles. The first-order valence-electron chi connectivity index (χ1n) is 8.35. The maximum absolute atomic E-state index is 5.58. The van der Waals surface area contributed by atoms with Crippen molar-refractivity contribution in [1.82, 2.24) is 9.55 Å². The SMILES string of the molecule is COc1nc(C(C)C)ccc1C1C=Nc2c(C)cn(C)c2C=C1C. The summed E-state index contributed by atoms with van der Waals surface area (Å²) < 4.78 is 7.71. The monoisotopic (exact) mass is 323 g/mol. The van der Waals surface area contributed by atoms with E-state index in [9.17, 15) is 0 Å². The smallest absolute Gasteiger partial charge is 0.217 e. The molecule has 0 fully saturated rings. The minimum Gasteiger partial charge on any atom is -0.481 e. The molecule has 24 heavy (non-hydrogen) atoms. The van der Waals surface area contributed by atoms with Gasteiger partial charge in [0.2, 0.25) is 5.88 Å². The normalized spacial score (nSPS) is 16.8. The van der Waals surface area contributed by atoms with Gasteiger partial charge in [0.25, 0.3) is 0 Å². The Bertz CT molecular complexity index is 828. The lowest BCUT2D eigenvalue weighted by Gasteiger charge is -2.17. The van der Waals surface area contributed by atoms with E-state index in [1.165, 1.54) is 11.1 Å². The van der Waals surface area contributed by atoms with Gasteiger partial charge in [-0.3, -0.25) is 4.99 Å². The zero-order chi connectivity index (χ0) is 17.4. The largest absolute Gasteiger partial charge is 0.481 e. The predicted octanol–water partition coefficient (Wildman–Crippen LogP) is 4.76. The first kappa shape index (κ1) is 16.5. The fourth-order valence-electron chi connectivity index (χ4n) is 3.21. The maximum atomic E-state index is 5.58. The van der Waals surface area contributed by atoms with E-state index in [1.54, 1.807) is 7.11 Å². The second kappa shape index (κ2) is 6.27. The number of rotatable bonds is 3. The van der Waals surface area contributed by atoms with Gasteiger partial charge in [-0.2, -0.15) is 0 Å². The number of aryl methyl sites for hydroxylation is 2. The number of methoxy groups -OCH3 is 1. The van der Waals surface area contributed by atoms with Gasteiger partial charge in [-0.15, -0.1) is 0 Å². The van der Waals surface area contributed by atoms with Crippen LogP contribution in [0.25, 0.3) is 6.08 Å². The van der Waals surface area contributed by atoms with Gasteiger partial charge < -0.3 is 9.30 Å². The topological polar surface area (TPSA) is 39.4 Å². The highest BCUT2D eigenvalue weighted by Crippen LogP contribution is 2.37. The van der Waals surface area contributed by atoms with Crippen LogP contribution in [0.3, 0.4) is 0 Å². The van der Waals surface area contributed by atoms with Crippen molar-refractivity contribution in [1.29, 1.82) is 0 Å². The van der Waals surface area contributed by atoms with Crippen LogP contribution in [0.5, 0.6) is 5.88 Å². The molecule has 3 heterocycles. The van der Waals surface area contributed by atoms with Crippen LogP contribution in [0.1, 0.15) is 55.1 Å². The molecule has 1 aliphatic rings. The molecule has 4 nitrogen and oxygen atoms in total. The standard InChI is InChI=1S/C20H25N3O/c1-12(2)17-8-7-15(20(22-17)24-6)16-10-21-19-14(4)11-23(5)18(19)9-13(16)3/h7-12,16H,1-6H3. The minimum atomic E-state index is 0.0699. The number of hydrogen-bond donors (Lipinski definition) is 0. The molecule has 0 spiro atoms. The van der Waals surface area contributed by atoms with Crippen molar-refractivity contribution in [2.24, 2.45) is 12.0 Å². The molecule has 1 unspecified atom stereocenters. The lowest BCUT2D eigenvalue weighted by Crippen LogP contribution is -2.07. The van der Waals surface area contributed by atoms with E-state index in [2.05, 4.69) is 68.7 Å². The number of aromatic nitrogens is 2. The quantitative estimate of drug-likeness (QED) is 0.816. The van der Waals surface area contributed by atoms with E-state index >= 15 is 0 Å². The van der Waals surface area contributed by atoms with Crippen LogP contribution in [0.15, 0.2) is 28.9 Å². The van der Waals surface area contributed by atoms with Crippen molar-refractivity contribution in [2.75, 3.05) is 7.11 Å². The van der Waals surface area contributed by atoms with Crippen molar-refractivity contribution in [2.45, 2.75) is 39.5 Å². The van der Waals surface area contributed by atoms with E-state index in [1.807, 2.05) is 6.21 Å². The van der Waals surface area contributed by atoms with Crippen molar-refractivity contribution >= 4 is 18.0 Å². The summed E-state index contributed by atoms with van der Waals surface area (Å²) in [6, 6.07) is 4.21. The molecule has 0 amide bonds. The van der Waals surface area contributed by atoms with Crippen LogP contribution in [-0.4, -0.2) is 22.9 Å². The van der Waals surface area contributed by atoms with Crippen LogP contribution in [-0.2, 0) is 7.05 Å². The third kappa shape index (κ3) is 2.77. The first-order chi connectivity index (χ1) is 11.4. The summed E-state index contributed by atoms with van der Waals surface area (Å²) >= 11 is 0. The van der Waals surface area contributed by atoms with Gasteiger partial charge in [-0.25, -0.2) is 4.98 Å². The molecule has 0 saturated carbocycles. The average Bonchev–Trinajstić information content (AvgIpc) is 2.72. The number of hydrogen-bond acceptors (Lipinski definition) is 3. The van der Waals surface area contributed by atoms with E-state index < -0.39 is 0 Å². The number of aliphatic imine (C=N–C) groups is 1. The molecule has 4 heteroatoms. The average molecular weight is 323 g/mol. The van der Waals surface area contributed by atoms with Crippen molar-refractivity contribution in [3.63, 3.8) is 0 Å². The minimum absolute atomic E-state index is 0.0699. The summed E-state index contributed by atoms with van der Waals surface area (Å²) in [4.78, 5) is 9.45. The summed E-state index contributed by atoms with van der Waals surface area (Å²) in [7, 11) is 3.74. The second-order valence-electron chi connectivity index (χ2n) is 6.79. The lowest BCUT2D eigenvalue weighted by atomic mass is 9.92. The van der Waals surface area contributed by atoms with Gasteiger partial charge in [-0.05, 0) is 37.5 Å². The Kier molecular flexibility index (Phi) is 4.31. The van der Waals surface area contributed by atoms with Crippen LogP contribution < -0.4 is 4.74 Å². The Hall–Kier alpha value is -2.36. The Morgan fingerprint density at radius 2 is 1.96 bits per heavy atom. The van der Waals surface area contributed by atoms with Crippen LogP contribution in [0.2, 0.25) is 0 Å². The summed E-state index contributed by atoms with van der Waals surface area (Å²) in [6.07, 6.45) is 6.35. The Morgan fingerprint density at radius 1 is 1.21 bits per heavy atom. The molecular weight excluding hydrogens is 298 g/mol. The Balaban J connectivity index is 2.08. The van der Waals surface area contributed by atoms with Gasteiger partial charge in [0, 0.05) is 36.6 Å². The molecule has 3 rings (SSSR count). The maximum Gasteiger partial charge on any atom is 0.217 e. The summed E-state index contributed by atoms with van der Waals surface area (Å²) in [5, 5.41) is 0. The molecule has 1 atom stereocenters. The molecule has 0 aliphatic carbocycles. The van der Waals surface area contributed by atoms with E-state index in [0.29, 0.717) is 11.8 Å². The molecule has 1 aliphatic heterocycles. The summed E-state index contributed by atoms with van der Waals surface area (Å²) in [6.45, 7) is 8.52. The zero-order valence-corrected chi connectivity index (χ0v) is 15.3. The Labute approximate surface area is 143 Å². The zero-order valence-electron chi connectivity index (χ0n) is 15.3. The number of ether oxygens (including phenoxy) is 1. The van der Waals surface area contributed by atoms with E-state index in [0.717, 1.165) is 22.6 Å². The molecule has 0 N–H and O–H groups in total. The van der Waals surface area contributed by atoms with Gasteiger partial charge in [0.05, 0.1) is 18.5 Å². The molecular formula is C20H25N3O. The number of allylic oxidation sites excluding steroid dienone is 1. The fourth-order valence-corrected chi connectivity index (χ4v) is 3.21. The van der Waals surface area contributed by atoms with Gasteiger partial charge in [-0.1, -0.05) is 25.5 Å². The second-order valence-corrected chi connectivity index (χ2v) is 6.79. The van der Waals surface area contributed by atoms with Crippen molar-refractivity contribution in [3.05, 3.63) is 46.4 Å². The fraction of sp³-hybridized carbons (Fsp3) is 0.400. The first-order valence-corrected chi connectivity index (χ1v) is 8.35. The van der Waals surface area contributed by atoms with Crippen molar-refractivity contribution < 1.29 is 4.74 Å². The van der Waals surface area contributed by atoms with Crippen LogP contribution in [0.4, 0.5) is 5.69 Å². The molecule has 2 aromatic heterocycles. The number of fused-ring (bicyclic) bond motifs is 1. The van der Waals surface area contributed by atoms with E-state index in [4.69, 9.17) is 9.73 Å². The number of pyridine rings is 1. The third-order valence-corrected chi connectivity index (χ3v) is 4.62.